The number of carbonyl (C=O) groups excluding carboxylic acids is 3. The highest BCUT2D eigenvalue weighted by atomic mass is 16.2. The summed E-state index contributed by atoms with van der Waals surface area (Å²) < 4.78 is 0. The summed E-state index contributed by atoms with van der Waals surface area (Å²) in [6.07, 6.45) is 4.16. The summed E-state index contributed by atoms with van der Waals surface area (Å²) in [4.78, 5) is 38.9. The number of hydrogen-bond acceptors (Lipinski definition) is 3. The van der Waals surface area contributed by atoms with E-state index in [4.69, 9.17) is 0 Å². The first-order valence-corrected chi connectivity index (χ1v) is 8.26. The van der Waals surface area contributed by atoms with Crippen LogP contribution in [-0.4, -0.2) is 17.6 Å². The molecule has 2 fully saturated rings. The van der Waals surface area contributed by atoms with Crippen molar-refractivity contribution >= 4 is 23.3 Å². The van der Waals surface area contributed by atoms with E-state index in [1.807, 2.05) is 13.8 Å². The van der Waals surface area contributed by atoms with Crippen LogP contribution in [0.25, 0.3) is 0 Å². The Hall–Kier alpha value is -2.49. The third-order valence-electron chi connectivity index (χ3n) is 5.50. The zero-order valence-electron chi connectivity index (χ0n) is 13.9. The number of imide groups is 1. The molecule has 4 atom stereocenters. The maximum Gasteiger partial charge on any atom is 0.238 e. The number of carbonyl (C=O) groups is 3. The van der Waals surface area contributed by atoms with E-state index in [1.165, 1.54) is 23.0 Å². The molecule has 2 aliphatic carbocycles. The van der Waals surface area contributed by atoms with E-state index in [2.05, 4.69) is 12.2 Å². The molecule has 1 saturated heterocycles. The van der Waals surface area contributed by atoms with Crippen molar-refractivity contribution in [3.05, 3.63) is 53.1 Å². The molecular formula is C20H19NO3. The first kappa shape index (κ1) is 15.1. The van der Waals surface area contributed by atoms with Crippen LogP contribution >= 0.6 is 0 Å². The Bertz CT molecular complexity index is 810. The number of Topliss-reactive ketones (excluding diaryl/α,β-unsaturated/α-hetero) is 1. The third kappa shape index (κ3) is 1.83. The van der Waals surface area contributed by atoms with Crippen molar-refractivity contribution in [1.29, 1.82) is 0 Å². The Balaban J connectivity index is 1.76. The maximum atomic E-state index is 13.0. The molecule has 3 aliphatic rings. The topological polar surface area (TPSA) is 54.5 Å². The number of benzene rings is 1. The van der Waals surface area contributed by atoms with E-state index >= 15 is 0 Å². The Morgan fingerprint density at radius 2 is 1.54 bits per heavy atom. The van der Waals surface area contributed by atoms with Crippen LogP contribution in [0.4, 0.5) is 5.69 Å². The first-order valence-electron chi connectivity index (χ1n) is 8.26. The van der Waals surface area contributed by atoms with Gasteiger partial charge in [0, 0.05) is 17.4 Å². The molecule has 2 amide bonds. The van der Waals surface area contributed by atoms with Crippen molar-refractivity contribution < 1.29 is 14.4 Å². The zero-order valence-corrected chi connectivity index (χ0v) is 13.9. The predicted octanol–water partition coefficient (Wildman–Crippen LogP) is 3.15. The maximum absolute atomic E-state index is 13.0. The van der Waals surface area contributed by atoms with Gasteiger partial charge in [0.2, 0.25) is 11.8 Å². The number of rotatable bonds is 2. The Labute approximate surface area is 140 Å². The summed E-state index contributed by atoms with van der Waals surface area (Å²) >= 11 is 0. The van der Waals surface area contributed by atoms with Crippen LogP contribution in [0.3, 0.4) is 0 Å². The lowest BCUT2D eigenvalue weighted by Gasteiger charge is -2.19. The summed E-state index contributed by atoms with van der Waals surface area (Å²) in [6, 6.07) is 6.77. The van der Waals surface area contributed by atoms with E-state index in [-0.39, 0.29) is 41.3 Å². The number of amides is 2. The van der Waals surface area contributed by atoms with Crippen molar-refractivity contribution in [1.82, 2.24) is 0 Å². The summed E-state index contributed by atoms with van der Waals surface area (Å²) in [7, 11) is 0. The normalized spacial score (nSPS) is 30.3. The van der Waals surface area contributed by atoms with Gasteiger partial charge in [0.25, 0.3) is 0 Å². The average molecular weight is 321 g/mol. The lowest BCUT2D eigenvalue weighted by molar-refractivity contribution is -0.122. The standard InChI is InChI=1S/C20H19NO3/c1-10(2)16-14-7-8-15(16)18-17(14)19(23)21(20(18)24)13-6-4-5-12(9-13)11(3)22/h4-9,14-15,17-18H,1-3H3/t14-,15-,17-,18-/m0/s1. The van der Waals surface area contributed by atoms with Gasteiger partial charge in [0.1, 0.15) is 0 Å². The van der Waals surface area contributed by atoms with Gasteiger partial charge in [0.05, 0.1) is 17.5 Å². The monoisotopic (exact) mass is 321 g/mol. The third-order valence-corrected chi connectivity index (χ3v) is 5.50. The highest BCUT2D eigenvalue weighted by Crippen LogP contribution is 2.57. The molecule has 4 heteroatoms. The van der Waals surface area contributed by atoms with Gasteiger partial charge in [-0.15, -0.1) is 0 Å². The number of hydrogen-bond donors (Lipinski definition) is 0. The van der Waals surface area contributed by atoms with Gasteiger partial charge in [-0.3, -0.25) is 14.4 Å². The number of fused-ring (bicyclic) bond motifs is 5. The van der Waals surface area contributed by atoms with E-state index in [0.717, 1.165) is 0 Å². The fourth-order valence-corrected chi connectivity index (χ4v) is 4.55. The largest absolute Gasteiger partial charge is 0.295 e. The predicted molar refractivity (Wildman–Crippen MR) is 90.4 cm³/mol. The smallest absolute Gasteiger partial charge is 0.238 e. The first-order chi connectivity index (χ1) is 11.4. The molecule has 0 aromatic heterocycles. The molecule has 4 rings (SSSR count). The summed E-state index contributed by atoms with van der Waals surface area (Å²) in [5.74, 6) is -0.853. The molecule has 2 bridgehead atoms. The van der Waals surface area contributed by atoms with Gasteiger partial charge in [-0.05, 0) is 32.9 Å². The van der Waals surface area contributed by atoms with Crippen LogP contribution in [-0.2, 0) is 9.59 Å². The van der Waals surface area contributed by atoms with E-state index < -0.39 is 0 Å². The second-order valence-electron chi connectivity index (χ2n) is 7.06. The van der Waals surface area contributed by atoms with E-state index in [0.29, 0.717) is 11.3 Å². The summed E-state index contributed by atoms with van der Waals surface area (Å²) in [5, 5.41) is 0. The molecule has 1 aliphatic heterocycles. The minimum absolute atomic E-state index is 0.0439. The highest BCUT2D eigenvalue weighted by Gasteiger charge is 2.61. The Kier molecular flexibility index (Phi) is 3.14. The fraction of sp³-hybridized carbons (Fsp3) is 0.350. The fourth-order valence-electron chi connectivity index (χ4n) is 4.55. The van der Waals surface area contributed by atoms with Crippen molar-refractivity contribution in [2.75, 3.05) is 4.90 Å². The van der Waals surface area contributed by atoms with Crippen molar-refractivity contribution in [3.63, 3.8) is 0 Å². The van der Waals surface area contributed by atoms with Crippen molar-refractivity contribution in [2.24, 2.45) is 23.7 Å². The molecule has 1 saturated carbocycles. The molecule has 0 spiro atoms. The van der Waals surface area contributed by atoms with Crippen LogP contribution in [0.5, 0.6) is 0 Å². The second kappa shape index (κ2) is 5.00. The lowest BCUT2D eigenvalue weighted by atomic mass is 9.85. The van der Waals surface area contributed by atoms with Gasteiger partial charge in [-0.2, -0.15) is 0 Å². The van der Waals surface area contributed by atoms with Crippen LogP contribution in [0, 0.1) is 23.7 Å². The molecule has 0 unspecified atom stereocenters. The molecule has 1 aromatic carbocycles. The van der Waals surface area contributed by atoms with Crippen LogP contribution in [0.2, 0.25) is 0 Å². The molecule has 24 heavy (non-hydrogen) atoms. The van der Waals surface area contributed by atoms with Crippen LogP contribution in [0.1, 0.15) is 31.1 Å². The number of allylic oxidation sites excluding steroid dienone is 4. The second-order valence-corrected chi connectivity index (χ2v) is 7.06. The molecule has 4 nitrogen and oxygen atoms in total. The molecule has 1 heterocycles. The van der Waals surface area contributed by atoms with E-state index in [9.17, 15) is 14.4 Å². The summed E-state index contributed by atoms with van der Waals surface area (Å²) in [6.45, 7) is 5.57. The number of anilines is 1. The quantitative estimate of drug-likeness (QED) is 0.478. The molecular weight excluding hydrogens is 302 g/mol. The minimum atomic E-state index is -0.293. The van der Waals surface area contributed by atoms with E-state index in [1.54, 1.807) is 24.3 Å². The molecule has 0 radical (unpaired) electrons. The van der Waals surface area contributed by atoms with Gasteiger partial charge >= 0.3 is 0 Å². The Morgan fingerprint density at radius 1 is 0.958 bits per heavy atom. The minimum Gasteiger partial charge on any atom is -0.295 e. The van der Waals surface area contributed by atoms with Crippen LogP contribution in [0.15, 0.2) is 47.6 Å². The number of nitrogens with zero attached hydrogens (tertiary/aromatic N) is 1. The average Bonchev–Trinajstić information content (AvgIpc) is 3.17. The SMILES string of the molecule is CC(=O)c1cccc(N2C(=O)[C@@H]3[C@@H](C2=O)[C@H]2C=C[C@H]3C2=C(C)C)c1. The van der Waals surface area contributed by atoms with Crippen molar-refractivity contribution in [3.8, 4) is 0 Å². The summed E-state index contributed by atoms with van der Waals surface area (Å²) in [5.41, 5.74) is 3.46. The molecule has 1 aromatic rings. The van der Waals surface area contributed by atoms with Gasteiger partial charge in [-0.1, -0.05) is 35.4 Å². The van der Waals surface area contributed by atoms with Crippen molar-refractivity contribution in [2.45, 2.75) is 20.8 Å². The van der Waals surface area contributed by atoms with Gasteiger partial charge in [-0.25, -0.2) is 4.90 Å². The van der Waals surface area contributed by atoms with Gasteiger partial charge < -0.3 is 0 Å². The lowest BCUT2D eigenvalue weighted by Crippen LogP contribution is -2.33. The number of ketones is 1. The Morgan fingerprint density at radius 3 is 2.04 bits per heavy atom. The highest BCUT2D eigenvalue weighted by molar-refractivity contribution is 6.23. The van der Waals surface area contributed by atoms with Crippen LogP contribution < -0.4 is 4.90 Å². The van der Waals surface area contributed by atoms with Gasteiger partial charge in [0.15, 0.2) is 5.78 Å². The molecule has 122 valence electrons. The molecule has 0 N–H and O–H groups in total. The zero-order chi connectivity index (χ0) is 17.2.